The second-order valence-electron chi connectivity index (χ2n) is 7.61. The van der Waals surface area contributed by atoms with Gasteiger partial charge in [0.2, 0.25) is 0 Å². The summed E-state index contributed by atoms with van der Waals surface area (Å²) in [5.74, 6) is -0.344. The Hall–Kier alpha value is -0.883. The van der Waals surface area contributed by atoms with Gasteiger partial charge in [-0.15, -0.1) is 0 Å². The number of allylic oxidation sites excluding steroid dienone is 2. The molecule has 0 saturated heterocycles. The predicted octanol–water partition coefficient (Wildman–Crippen LogP) is 7.13. The monoisotopic (exact) mass is 404 g/mol. The molecule has 0 aromatic rings. The van der Waals surface area contributed by atoms with Crippen molar-refractivity contribution in [2.75, 3.05) is 0 Å². The first-order valence-electron chi connectivity index (χ1n) is 10.4. The molecule has 0 bridgehead atoms. The fourth-order valence-electron chi connectivity index (χ4n) is 3.64. The SMILES string of the molecule is CCCC[Si](CCCC)(CCCC)OC1(C(F)(F)F)C=CC(=O)C(CC)=C1. The quantitative estimate of drug-likeness (QED) is 0.324. The topological polar surface area (TPSA) is 26.3 Å². The Morgan fingerprint density at radius 3 is 1.81 bits per heavy atom. The lowest BCUT2D eigenvalue weighted by Gasteiger charge is -2.43. The lowest BCUT2D eigenvalue weighted by Crippen LogP contribution is -2.55. The van der Waals surface area contributed by atoms with Crippen molar-refractivity contribution in [2.24, 2.45) is 0 Å². The van der Waals surface area contributed by atoms with Gasteiger partial charge in [0.15, 0.2) is 19.7 Å². The standard InChI is InChI=1S/C21H35F3O2Si/c1-5-9-14-27(15-10-6-2,16-11-7-3)26-20(21(22,23)24)13-12-19(25)18(8-4)17-20/h12-13,17H,5-11,14-16H2,1-4H3. The van der Waals surface area contributed by atoms with Crippen LogP contribution in [0.15, 0.2) is 23.8 Å². The summed E-state index contributed by atoms with van der Waals surface area (Å²) in [5, 5.41) is 0. The Balaban J connectivity index is 3.38. The first kappa shape index (κ1) is 24.2. The number of rotatable bonds is 12. The predicted molar refractivity (Wildman–Crippen MR) is 107 cm³/mol. The Morgan fingerprint density at radius 2 is 1.44 bits per heavy atom. The van der Waals surface area contributed by atoms with Gasteiger partial charge in [0.05, 0.1) is 0 Å². The van der Waals surface area contributed by atoms with Crippen molar-refractivity contribution in [3.8, 4) is 0 Å². The van der Waals surface area contributed by atoms with Crippen molar-refractivity contribution >= 4 is 14.1 Å². The van der Waals surface area contributed by atoms with Crippen molar-refractivity contribution in [3.63, 3.8) is 0 Å². The summed E-state index contributed by atoms with van der Waals surface area (Å²) in [4.78, 5) is 12.0. The van der Waals surface area contributed by atoms with Gasteiger partial charge in [0.1, 0.15) is 0 Å². The Kier molecular flexibility index (Phi) is 9.49. The molecule has 1 aliphatic carbocycles. The summed E-state index contributed by atoms with van der Waals surface area (Å²) in [6, 6.07) is 2.25. The van der Waals surface area contributed by atoms with Crippen LogP contribution in [0.1, 0.15) is 72.6 Å². The van der Waals surface area contributed by atoms with E-state index in [0.717, 1.165) is 74.9 Å². The molecular weight excluding hydrogens is 369 g/mol. The van der Waals surface area contributed by atoms with Gasteiger partial charge < -0.3 is 4.43 Å². The van der Waals surface area contributed by atoms with Crippen molar-refractivity contribution in [3.05, 3.63) is 23.8 Å². The minimum atomic E-state index is -4.58. The molecule has 0 amide bonds. The number of carbonyl (C=O) groups is 1. The highest BCUT2D eigenvalue weighted by molar-refractivity contribution is 6.74. The molecule has 1 unspecified atom stereocenters. The largest absolute Gasteiger partial charge is 0.423 e. The van der Waals surface area contributed by atoms with Gasteiger partial charge in [-0.05, 0) is 48.4 Å². The fourth-order valence-corrected chi connectivity index (χ4v) is 8.65. The van der Waals surface area contributed by atoms with Gasteiger partial charge >= 0.3 is 6.18 Å². The molecule has 0 spiro atoms. The highest BCUT2D eigenvalue weighted by atomic mass is 28.4. The van der Waals surface area contributed by atoms with E-state index in [4.69, 9.17) is 4.43 Å². The minimum absolute atomic E-state index is 0.194. The number of unbranched alkanes of at least 4 members (excludes halogenated alkanes) is 3. The van der Waals surface area contributed by atoms with Crippen LogP contribution in [0, 0.1) is 0 Å². The number of carbonyl (C=O) groups excluding carboxylic acids is 1. The molecule has 2 nitrogen and oxygen atoms in total. The van der Waals surface area contributed by atoms with Crippen molar-refractivity contribution in [1.82, 2.24) is 0 Å². The molecule has 1 rings (SSSR count). The molecule has 0 aromatic heterocycles. The maximum atomic E-state index is 14.2. The van der Waals surface area contributed by atoms with Gasteiger partial charge in [0.25, 0.3) is 0 Å². The van der Waals surface area contributed by atoms with E-state index in [0.29, 0.717) is 0 Å². The number of halogens is 3. The molecule has 0 saturated carbocycles. The Bertz CT molecular complexity index is 518. The Morgan fingerprint density at radius 1 is 0.963 bits per heavy atom. The summed E-state index contributed by atoms with van der Waals surface area (Å²) in [6.45, 7) is 7.89. The maximum Gasteiger partial charge on any atom is 0.423 e. The van der Waals surface area contributed by atoms with Crippen LogP contribution < -0.4 is 0 Å². The van der Waals surface area contributed by atoms with Crippen LogP contribution in [-0.2, 0) is 9.22 Å². The third kappa shape index (κ3) is 6.31. The molecule has 1 aliphatic rings. The summed E-state index contributed by atoms with van der Waals surface area (Å²) in [7, 11) is -2.62. The summed E-state index contributed by atoms with van der Waals surface area (Å²) in [5.41, 5.74) is -2.26. The smallest absolute Gasteiger partial charge is 0.397 e. The molecule has 1 atom stereocenters. The second kappa shape index (κ2) is 10.6. The van der Waals surface area contributed by atoms with E-state index < -0.39 is 20.1 Å². The molecule has 156 valence electrons. The van der Waals surface area contributed by atoms with Crippen LogP contribution in [0.25, 0.3) is 0 Å². The van der Waals surface area contributed by atoms with E-state index in [-0.39, 0.29) is 17.8 Å². The van der Waals surface area contributed by atoms with Gasteiger partial charge in [-0.3, -0.25) is 4.79 Å². The highest BCUT2D eigenvalue weighted by Crippen LogP contribution is 2.44. The van der Waals surface area contributed by atoms with Gasteiger partial charge in [-0.25, -0.2) is 0 Å². The molecule has 27 heavy (non-hydrogen) atoms. The minimum Gasteiger partial charge on any atom is -0.397 e. The van der Waals surface area contributed by atoms with E-state index in [1.807, 2.05) is 0 Å². The molecule has 0 aliphatic heterocycles. The lowest BCUT2D eigenvalue weighted by atomic mass is 9.90. The number of alkyl halides is 3. The molecule has 6 heteroatoms. The zero-order valence-corrected chi connectivity index (χ0v) is 18.3. The van der Waals surface area contributed by atoms with E-state index in [9.17, 15) is 18.0 Å². The van der Waals surface area contributed by atoms with Crippen molar-refractivity contribution in [2.45, 2.75) is 103 Å². The summed E-state index contributed by atoms with van der Waals surface area (Å²) in [6.07, 6.45) is 4.28. The zero-order chi connectivity index (χ0) is 20.6. The molecule has 0 fully saturated rings. The van der Waals surface area contributed by atoms with Gasteiger partial charge in [0, 0.05) is 0 Å². The number of hydrogen-bond acceptors (Lipinski definition) is 2. The Labute approximate surface area is 163 Å². The number of ketones is 1. The third-order valence-electron chi connectivity index (χ3n) is 5.35. The third-order valence-corrected chi connectivity index (χ3v) is 9.92. The average molecular weight is 405 g/mol. The van der Waals surface area contributed by atoms with Gasteiger partial charge in [-0.2, -0.15) is 13.2 Å². The molecule has 0 radical (unpaired) electrons. The first-order chi connectivity index (χ1) is 12.7. The van der Waals surface area contributed by atoms with Crippen LogP contribution in [-0.4, -0.2) is 25.9 Å². The van der Waals surface area contributed by atoms with Crippen LogP contribution in [0.3, 0.4) is 0 Å². The van der Waals surface area contributed by atoms with Crippen molar-refractivity contribution < 1.29 is 22.4 Å². The number of hydrogen-bond donors (Lipinski definition) is 0. The van der Waals surface area contributed by atoms with Gasteiger partial charge in [-0.1, -0.05) is 66.2 Å². The van der Waals surface area contributed by atoms with Crippen LogP contribution in [0.2, 0.25) is 18.1 Å². The molecular formula is C21H35F3O2Si. The van der Waals surface area contributed by atoms with E-state index >= 15 is 0 Å². The first-order valence-corrected chi connectivity index (χ1v) is 12.9. The molecule has 0 N–H and O–H groups in total. The lowest BCUT2D eigenvalue weighted by molar-refractivity contribution is -0.215. The molecule has 0 heterocycles. The average Bonchev–Trinajstić information content (AvgIpc) is 2.63. The van der Waals surface area contributed by atoms with Crippen LogP contribution in [0.4, 0.5) is 13.2 Å². The zero-order valence-electron chi connectivity index (χ0n) is 17.3. The fraction of sp³-hybridized carbons (Fsp3) is 0.762. The molecule has 0 aromatic carbocycles. The summed E-state index contributed by atoms with van der Waals surface area (Å²) >= 11 is 0. The second-order valence-corrected chi connectivity index (χ2v) is 11.7. The van der Waals surface area contributed by atoms with Crippen LogP contribution >= 0.6 is 0 Å². The normalized spacial score (nSPS) is 20.9. The van der Waals surface area contributed by atoms with Crippen LogP contribution in [0.5, 0.6) is 0 Å². The van der Waals surface area contributed by atoms with E-state index in [1.165, 1.54) is 0 Å². The van der Waals surface area contributed by atoms with E-state index in [1.54, 1.807) is 6.92 Å². The highest BCUT2D eigenvalue weighted by Gasteiger charge is 2.57. The maximum absolute atomic E-state index is 14.2. The summed E-state index contributed by atoms with van der Waals surface area (Å²) < 4.78 is 48.9. The van der Waals surface area contributed by atoms with E-state index in [2.05, 4.69) is 20.8 Å². The van der Waals surface area contributed by atoms with Crippen molar-refractivity contribution in [1.29, 1.82) is 0 Å².